The minimum absolute atomic E-state index is 0.248. The van der Waals surface area contributed by atoms with Gasteiger partial charge in [-0.05, 0) is 66.4 Å². The molecule has 0 saturated carbocycles. The van der Waals surface area contributed by atoms with Crippen molar-refractivity contribution >= 4 is 45.6 Å². The van der Waals surface area contributed by atoms with Crippen LogP contribution in [0.1, 0.15) is 32.6 Å². The number of oxazole rings is 1. The highest BCUT2D eigenvalue weighted by Gasteiger charge is 2.22. The number of benzene rings is 3. The van der Waals surface area contributed by atoms with Crippen molar-refractivity contribution < 1.29 is 9.21 Å². The van der Waals surface area contributed by atoms with Gasteiger partial charge in [-0.15, -0.1) is 0 Å². The molecule has 0 spiro atoms. The summed E-state index contributed by atoms with van der Waals surface area (Å²) in [6.45, 7) is 5.67. The van der Waals surface area contributed by atoms with Gasteiger partial charge in [0.05, 0.1) is 23.4 Å². The van der Waals surface area contributed by atoms with Gasteiger partial charge >= 0.3 is 0 Å². The van der Waals surface area contributed by atoms with Crippen LogP contribution in [0, 0.1) is 25.2 Å². The maximum absolute atomic E-state index is 11.5. The lowest BCUT2D eigenvalue weighted by Gasteiger charge is -2.17. The van der Waals surface area contributed by atoms with Gasteiger partial charge in [0.1, 0.15) is 29.2 Å². The molecule has 1 aliphatic heterocycles. The zero-order chi connectivity index (χ0) is 29.5. The van der Waals surface area contributed by atoms with Crippen molar-refractivity contribution in [2.24, 2.45) is 4.99 Å². The van der Waals surface area contributed by atoms with Crippen LogP contribution >= 0.6 is 0 Å². The zero-order valence-corrected chi connectivity index (χ0v) is 23.5. The van der Waals surface area contributed by atoms with E-state index in [9.17, 15) is 10.1 Å². The normalized spacial score (nSPS) is 12.6. The fraction of sp³-hybridized carbons (Fsp3) is 0.118. The number of hydrogen-bond donors (Lipinski definition) is 2. The second-order valence-electron chi connectivity index (χ2n) is 10.4. The molecule has 9 nitrogen and oxygen atoms in total. The molecule has 7 rings (SSSR count). The van der Waals surface area contributed by atoms with Gasteiger partial charge in [0.25, 0.3) is 0 Å². The fourth-order valence-electron chi connectivity index (χ4n) is 5.57. The van der Waals surface area contributed by atoms with Crippen LogP contribution in [0.15, 0.2) is 82.5 Å². The van der Waals surface area contributed by atoms with E-state index in [0.717, 1.165) is 52.1 Å². The van der Waals surface area contributed by atoms with E-state index in [1.165, 1.54) is 6.07 Å². The third kappa shape index (κ3) is 4.55. The lowest BCUT2D eigenvalue weighted by atomic mass is 9.92. The number of carbonyl (C=O) groups excluding carboxylic acids is 1. The smallest absolute Gasteiger partial charge is 0.229 e. The first kappa shape index (κ1) is 26.0. The van der Waals surface area contributed by atoms with Crippen molar-refractivity contribution in [2.75, 3.05) is 18.4 Å². The molecule has 1 aliphatic rings. The lowest BCUT2D eigenvalue weighted by Crippen LogP contribution is -2.19. The number of carbonyl (C=O) groups is 1. The Hall–Kier alpha value is -5.88. The summed E-state index contributed by atoms with van der Waals surface area (Å²) in [5.41, 5.74) is 8.60. The summed E-state index contributed by atoms with van der Waals surface area (Å²) in [6.07, 6.45) is 4.24. The Bertz CT molecular complexity index is 2160. The number of amidine groups is 1. The molecule has 2 N–H and O–H groups in total. The van der Waals surface area contributed by atoms with Crippen molar-refractivity contribution in [3.05, 3.63) is 101 Å². The topological polar surface area (TPSA) is 129 Å². The maximum Gasteiger partial charge on any atom is 0.229 e. The number of pyridine rings is 2. The average Bonchev–Trinajstić information content (AvgIpc) is 3.72. The van der Waals surface area contributed by atoms with Crippen LogP contribution < -0.4 is 10.6 Å². The summed E-state index contributed by atoms with van der Waals surface area (Å²) in [6, 6.07) is 21.5. The molecule has 0 fully saturated rings. The van der Waals surface area contributed by atoms with Gasteiger partial charge in [-0.3, -0.25) is 14.8 Å². The van der Waals surface area contributed by atoms with Crippen LogP contribution in [-0.2, 0) is 0 Å². The van der Waals surface area contributed by atoms with Gasteiger partial charge < -0.3 is 15.1 Å². The number of anilines is 2. The molecule has 208 valence electrons. The molecule has 0 atom stereocenters. The number of aromatic nitrogens is 3. The molecule has 4 heterocycles. The zero-order valence-electron chi connectivity index (χ0n) is 23.5. The van der Waals surface area contributed by atoms with E-state index >= 15 is 0 Å². The summed E-state index contributed by atoms with van der Waals surface area (Å²) >= 11 is 0. The Morgan fingerprint density at radius 2 is 1.93 bits per heavy atom. The Balaban J connectivity index is 1.41. The molecule has 0 radical (unpaired) electrons. The molecule has 0 aliphatic carbocycles. The molecular formula is C34H25N7O2. The maximum atomic E-state index is 11.5. The van der Waals surface area contributed by atoms with E-state index in [4.69, 9.17) is 14.4 Å². The minimum atomic E-state index is 0.248. The first-order valence-electron chi connectivity index (χ1n) is 13.8. The molecule has 43 heavy (non-hydrogen) atoms. The van der Waals surface area contributed by atoms with Gasteiger partial charge in [0.2, 0.25) is 5.89 Å². The van der Waals surface area contributed by atoms with Gasteiger partial charge in [0.15, 0.2) is 11.4 Å². The number of aryl methyl sites for hydroxylation is 1. The van der Waals surface area contributed by atoms with E-state index in [0.29, 0.717) is 51.4 Å². The molecule has 0 bridgehead atoms. The van der Waals surface area contributed by atoms with Crippen LogP contribution in [0.25, 0.3) is 44.6 Å². The number of rotatable bonds is 6. The predicted molar refractivity (Wildman–Crippen MR) is 167 cm³/mol. The van der Waals surface area contributed by atoms with Crippen molar-refractivity contribution in [1.29, 1.82) is 5.26 Å². The molecule has 6 aromatic rings. The Morgan fingerprint density at radius 1 is 1.05 bits per heavy atom. The molecule has 0 amide bonds. The van der Waals surface area contributed by atoms with Crippen LogP contribution in [0.5, 0.6) is 0 Å². The average molecular weight is 564 g/mol. The van der Waals surface area contributed by atoms with Crippen molar-refractivity contribution in [3.8, 4) is 28.7 Å². The standard InChI is InChI=1S/C34H25N7O2/c1-19-5-3-4-6-25(19)26-7-8-27(29(20(26)2)34-41-28-14-21(18-42)13-23(16-35)31(28)43-34)40-33-30-22(9-10-36-33)15-24(17-39-30)32-37-11-12-38-32/h3-10,13-15,17-18H,11-12H2,1-2H3,(H,36,40)(H,37,38). The van der Waals surface area contributed by atoms with Crippen LogP contribution in [-0.4, -0.2) is 40.2 Å². The summed E-state index contributed by atoms with van der Waals surface area (Å²) in [4.78, 5) is 30.2. The summed E-state index contributed by atoms with van der Waals surface area (Å²) in [5, 5.41) is 17.5. The van der Waals surface area contributed by atoms with E-state index in [1.54, 1.807) is 18.5 Å². The van der Waals surface area contributed by atoms with Crippen molar-refractivity contribution in [3.63, 3.8) is 0 Å². The minimum Gasteiger partial charge on any atom is -0.435 e. The molecular weight excluding hydrogens is 538 g/mol. The number of aldehydes is 1. The molecule has 0 unspecified atom stereocenters. The molecule has 9 heteroatoms. The van der Waals surface area contributed by atoms with Crippen LogP contribution in [0.3, 0.4) is 0 Å². The van der Waals surface area contributed by atoms with Gasteiger partial charge in [0, 0.05) is 35.5 Å². The van der Waals surface area contributed by atoms with Gasteiger partial charge in [-0.25, -0.2) is 9.97 Å². The second kappa shape index (κ2) is 10.5. The van der Waals surface area contributed by atoms with Crippen LogP contribution in [0.4, 0.5) is 11.5 Å². The molecule has 0 saturated heterocycles. The highest BCUT2D eigenvalue weighted by atomic mass is 16.3. The molecule has 3 aromatic carbocycles. The number of nitriles is 1. The predicted octanol–water partition coefficient (Wildman–Crippen LogP) is 6.50. The van der Waals surface area contributed by atoms with Gasteiger partial charge in [-0.2, -0.15) is 5.26 Å². The number of fused-ring (bicyclic) bond motifs is 2. The summed E-state index contributed by atoms with van der Waals surface area (Å²) in [7, 11) is 0. The van der Waals surface area contributed by atoms with Gasteiger partial charge in [-0.1, -0.05) is 30.3 Å². The number of hydrogen-bond acceptors (Lipinski definition) is 9. The number of aliphatic imine (C=N–C) groups is 1. The van der Waals surface area contributed by atoms with E-state index in [2.05, 4.69) is 57.9 Å². The lowest BCUT2D eigenvalue weighted by molar-refractivity contribution is 0.112. The number of nitrogens with zero attached hydrogens (tertiary/aromatic N) is 5. The van der Waals surface area contributed by atoms with Crippen molar-refractivity contribution in [1.82, 2.24) is 20.3 Å². The Labute approximate surface area is 247 Å². The van der Waals surface area contributed by atoms with Crippen molar-refractivity contribution in [2.45, 2.75) is 13.8 Å². The SMILES string of the molecule is Cc1ccccc1-c1ccc(Nc2nccc3cc(C4=NCCN4)cnc23)c(-c2nc3cc(C=O)cc(C#N)c3o2)c1C. The summed E-state index contributed by atoms with van der Waals surface area (Å²) < 4.78 is 6.27. The highest BCUT2D eigenvalue weighted by molar-refractivity contribution is 6.03. The first-order valence-corrected chi connectivity index (χ1v) is 13.8. The molecule has 3 aromatic heterocycles. The monoisotopic (exact) mass is 563 g/mol. The highest BCUT2D eigenvalue weighted by Crippen LogP contribution is 2.41. The Morgan fingerprint density at radius 3 is 2.72 bits per heavy atom. The second-order valence-corrected chi connectivity index (χ2v) is 10.4. The van der Waals surface area contributed by atoms with E-state index in [-0.39, 0.29) is 5.56 Å². The van der Waals surface area contributed by atoms with E-state index in [1.807, 2.05) is 31.2 Å². The summed E-state index contributed by atoms with van der Waals surface area (Å²) in [5.74, 6) is 1.74. The fourth-order valence-corrected chi connectivity index (χ4v) is 5.57. The number of nitrogens with one attached hydrogen (secondary N) is 2. The third-order valence-electron chi connectivity index (χ3n) is 7.68. The third-order valence-corrected chi connectivity index (χ3v) is 7.68. The van der Waals surface area contributed by atoms with E-state index < -0.39 is 0 Å². The first-order chi connectivity index (χ1) is 21.0. The largest absolute Gasteiger partial charge is 0.435 e. The van der Waals surface area contributed by atoms with Crippen LogP contribution in [0.2, 0.25) is 0 Å². The Kier molecular flexibility index (Phi) is 6.36. The quantitative estimate of drug-likeness (QED) is 0.220.